The monoisotopic (exact) mass is 453 g/mol. The lowest BCUT2D eigenvalue weighted by Gasteiger charge is -2.29. The Morgan fingerprint density at radius 2 is 2.12 bits per heavy atom. The molecule has 9 heteroatoms. The summed E-state index contributed by atoms with van der Waals surface area (Å²) in [6.07, 6.45) is 5.11. The van der Waals surface area contributed by atoms with E-state index in [1.54, 1.807) is 29.9 Å². The summed E-state index contributed by atoms with van der Waals surface area (Å²) < 4.78 is 22.6. The van der Waals surface area contributed by atoms with Crippen LogP contribution in [-0.4, -0.2) is 31.3 Å². The van der Waals surface area contributed by atoms with Crippen LogP contribution in [0.25, 0.3) is 22.2 Å². The molecular weight excluding hydrogens is 433 g/mol. The minimum absolute atomic E-state index is 0.0638. The van der Waals surface area contributed by atoms with Crippen molar-refractivity contribution in [1.82, 2.24) is 24.7 Å². The molecule has 4 heterocycles. The zero-order valence-corrected chi connectivity index (χ0v) is 18.4. The van der Waals surface area contributed by atoms with E-state index in [-0.39, 0.29) is 39.2 Å². The number of ether oxygens (including phenoxy) is 1. The quantitative estimate of drug-likeness (QED) is 0.495. The number of rotatable bonds is 3. The number of halogens is 2. The highest BCUT2D eigenvalue weighted by Crippen LogP contribution is 2.38. The Hall–Kier alpha value is -3.10. The minimum atomic E-state index is -0.538. The van der Waals surface area contributed by atoms with Gasteiger partial charge in [0.25, 0.3) is 5.56 Å². The van der Waals surface area contributed by atoms with Gasteiger partial charge in [0.1, 0.15) is 11.6 Å². The lowest BCUT2D eigenvalue weighted by atomic mass is 9.89. The van der Waals surface area contributed by atoms with Crippen molar-refractivity contribution >= 4 is 22.5 Å². The molecule has 3 aromatic heterocycles. The van der Waals surface area contributed by atoms with Crippen LogP contribution in [0.5, 0.6) is 0 Å². The average Bonchev–Trinajstić information content (AvgIpc) is 3.19. The van der Waals surface area contributed by atoms with Crippen molar-refractivity contribution in [2.45, 2.75) is 31.8 Å². The molecule has 0 aliphatic carbocycles. The van der Waals surface area contributed by atoms with Crippen LogP contribution >= 0.6 is 11.6 Å². The first-order chi connectivity index (χ1) is 15.4. The molecule has 0 unspecified atom stereocenters. The number of aromatic nitrogens is 5. The lowest BCUT2D eigenvalue weighted by Crippen LogP contribution is -2.20. The molecule has 1 N–H and O–H groups in total. The number of fused-ring (bicyclic) bond motifs is 1. The zero-order valence-electron chi connectivity index (χ0n) is 17.6. The largest absolute Gasteiger partial charge is 0.373 e. The van der Waals surface area contributed by atoms with Crippen LogP contribution in [-0.2, 0) is 11.8 Å². The van der Waals surface area contributed by atoms with E-state index in [4.69, 9.17) is 21.3 Å². The van der Waals surface area contributed by atoms with E-state index in [1.165, 1.54) is 6.07 Å². The number of pyridine rings is 1. The van der Waals surface area contributed by atoms with E-state index in [2.05, 4.69) is 15.1 Å². The lowest BCUT2D eigenvalue weighted by molar-refractivity contribution is 0.00464. The normalized spacial score (nSPS) is 18.9. The molecule has 5 rings (SSSR count). The van der Waals surface area contributed by atoms with Gasteiger partial charge in [-0.15, -0.1) is 0 Å². The summed E-state index contributed by atoms with van der Waals surface area (Å²) in [4.78, 5) is 24.8. The first-order valence-electron chi connectivity index (χ1n) is 10.4. The van der Waals surface area contributed by atoms with Crippen LogP contribution in [0.4, 0.5) is 4.39 Å². The zero-order chi connectivity index (χ0) is 22.4. The molecule has 4 aromatic rings. The third kappa shape index (κ3) is 3.80. The number of H-pyrrole nitrogens is 1. The minimum Gasteiger partial charge on any atom is -0.373 e. The van der Waals surface area contributed by atoms with Crippen LogP contribution in [0, 0.1) is 12.7 Å². The number of nitrogens with zero attached hydrogens (tertiary/aromatic N) is 4. The summed E-state index contributed by atoms with van der Waals surface area (Å²) in [5, 5.41) is 4.78. The molecule has 1 aliphatic heterocycles. The van der Waals surface area contributed by atoms with Gasteiger partial charge in [-0.25, -0.2) is 9.37 Å². The Morgan fingerprint density at radius 1 is 1.28 bits per heavy atom. The first-order valence-corrected chi connectivity index (χ1v) is 10.7. The van der Waals surface area contributed by atoms with E-state index >= 15 is 0 Å². The van der Waals surface area contributed by atoms with Crippen molar-refractivity contribution in [2.24, 2.45) is 7.05 Å². The van der Waals surface area contributed by atoms with E-state index in [0.717, 1.165) is 17.7 Å². The molecule has 0 saturated carbocycles. The predicted octanol–water partition coefficient (Wildman–Crippen LogP) is 4.45. The number of hydrogen-bond acceptors (Lipinski definition) is 5. The fourth-order valence-corrected chi connectivity index (χ4v) is 4.45. The van der Waals surface area contributed by atoms with Gasteiger partial charge >= 0.3 is 0 Å². The third-order valence-electron chi connectivity index (χ3n) is 5.81. The van der Waals surface area contributed by atoms with Crippen molar-refractivity contribution in [1.29, 1.82) is 0 Å². The highest BCUT2D eigenvalue weighted by molar-refractivity contribution is 6.30. The number of hydrogen-bond donors (Lipinski definition) is 1. The van der Waals surface area contributed by atoms with Crippen molar-refractivity contribution in [2.75, 3.05) is 6.61 Å². The highest BCUT2D eigenvalue weighted by Gasteiger charge is 2.28. The van der Waals surface area contributed by atoms with E-state index in [1.807, 2.05) is 19.3 Å². The molecule has 7 nitrogen and oxygen atoms in total. The molecule has 32 heavy (non-hydrogen) atoms. The van der Waals surface area contributed by atoms with Gasteiger partial charge in [-0.2, -0.15) is 5.10 Å². The molecule has 1 fully saturated rings. The maximum Gasteiger partial charge on any atom is 0.260 e. The van der Waals surface area contributed by atoms with E-state index in [0.29, 0.717) is 24.4 Å². The SMILES string of the molecule is Cc1nc2cc([C@H]3CCO[C@@H](c4cnn(C)c4)C3)nc(-c3ccc(Cl)cc3F)c2c(=O)[nH]1. The molecule has 0 radical (unpaired) electrons. The maximum absolute atomic E-state index is 14.8. The average molecular weight is 454 g/mol. The Labute approximate surface area is 188 Å². The van der Waals surface area contributed by atoms with Crippen molar-refractivity contribution in [3.63, 3.8) is 0 Å². The smallest absolute Gasteiger partial charge is 0.260 e. The fourth-order valence-electron chi connectivity index (χ4n) is 4.29. The van der Waals surface area contributed by atoms with E-state index in [9.17, 15) is 9.18 Å². The van der Waals surface area contributed by atoms with Gasteiger partial charge < -0.3 is 9.72 Å². The van der Waals surface area contributed by atoms with Gasteiger partial charge in [0.05, 0.1) is 28.9 Å². The molecule has 0 bridgehead atoms. The molecule has 0 spiro atoms. The van der Waals surface area contributed by atoms with Crippen LogP contribution in [0.1, 0.15) is 41.9 Å². The molecule has 2 atom stereocenters. The summed E-state index contributed by atoms with van der Waals surface area (Å²) in [7, 11) is 1.87. The molecule has 1 saturated heterocycles. The van der Waals surface area contributed by atoms with Crippen molar-refractivity contribution in [3.8, 4) is 11.3 Å². The second-order valence-corrected chi connectivity index (χ2v) is 8.53. The van der Waals surface area contributed by atoms with Crippen LogP contribution in [0.15, 0.2) is 41.5 Å². The number of aryl methyl sites for hydroxylation is 2. The molecule has 1 aliphatic rings. The Bertz CT molecular complexity index is 1380. The van der Waals surface area contributed by atoms with Crippen molar-refractivity contribution in [3.05, 3.63) is 74.9 Å². The van der Waals surface area contributed by atoms with Crippen LogP contribution < -0.4 is 5.56 Å². The predicted molar refractivity (Wildman–Crippen MR) is 119 cm³/mol. The number of nitrogens with one attached hydrogen (secondary N) is 1. The number of aromatic amines is 1. The van der Waals surface area contributed by atoms with Gasteiger partial charge in [0.15, 0.2) is 0 Å². The molecule has 164 valence electrons. The summed E-state index contributed by atoms with van der Waals surface area (Å²) in [5.74, 6) is 0.0138. The third-order valence-corrected chi connectivity index (χ3v) is 6.05. The van der Waals surface area contributed by atoms with Gasteiger partial charge in [-0.05, 0) is 44.0 Å². The maximum atomic E-state index is 14.8. The first kappa shape index (κ1) is 20.8. The van der Waals surface area contributed by atoms with Gasteiger partial charge in [-0.1, -0.05) is 11.6 Å². The topological polar surface area (TPSA) is 85.7 Å². The molecule has 0 amide bonds. The second-order valence-electron chi connectivity index (χ2n) is 8.09. The second kappa shape index (κ2) is 8.11. The van der Waals surface area contributed by atoms with Crippen molar-refractivity contribution < 1.29 is 9.13 Å². The Balaban J connectivity index is 1.64. The Morgan fingerprint density at radius 3 is 2.88 bits per heavy atom. The summed E-state index contributed by atoms with van der Waals surface area (Å²) in [6, 6.07) is 6.19. The Kier molecular flexibility index (Phi) is 5.27. The molecular formula is C23H21ClFN5O2. The number of benzene rings is 1. The highest BCUT2D eigenvalue weighted by atomic mass is 35.5. The van der Waals surface area contributed by atoms with Crippen LogP contribution in [0.2, 0.25) is 5.02 Å². The fraction of sp³-hybridized carbons (Fsp3) is 0.304. The summed E-state index contributed by atoms with van der Waals surface area (Å²) >= 11 is 5.94. The summed E-state index contributed by atoms with van der Waals surface area (Å²) in [6.45, 7) is 2.28. The van der Waals surface area contributed by atoms with E-state index < -0.39 is 5.82 Å². The standard InChI is InChI=1S/C23H21ClFN5O2/c1-12-27-19-9-18(13-5-6-32-20(7-13)14-10-26-30(2)11-14)29-22(21(19)23(31)28-12)16-4-3-15(24)8-17(16)25/h3-4,8-11,13,20H,5-7H2,1-2H3,(H,27,28,31)/t13-,20+/m0/s1. The van der Waals surface area contributed by atoms with Crippen LogP contribution in [0.3, 0.4) is 0 Å². The van der Waals surface area contributed by atoms with Gasteiger partial charge in [0.2, 0.25) is 0 Å². The summed E-state index contributed by atoms with van der Waals surface area (Å²) in [5.41, 5.74) is 2.39. The molecule has 1 aromatic carbocycles. The van der Waals surface area contributed by atoms with Gasteiger partial charge in [-0.3, -0.25) is 14.5 Å². The van der Waals surface area contributed by atoms with Gasteiger partial charge in [0, 0.05) is 47.6 Å².